The Kier molecular flexibility index (Phi) is 6.16. The second kappa shape index (κ2) is 7.63. The molecule has 1 atom stereocenters. The van der Waals surface area contributed by atoms with Crippen molar-refractivity contribution in [3.63, 3.8) is 0 Å². The van der Waals surface area contributed by atoms with Crippen LogP contribution in [-0.4, -0.2) is 42.4 Å². The fourth-order valence-corrected chi connectivity index (χ4v) is 1.55. The molecule has 0 saturated heterocycles. The van der Waals surface area contributed by atoms with Crippen LogP contribution in [0.2, 0.25) is 0 Å². The molecule has 0 bridgehead atoms. The van der Waals surface area contributed by atoms with Crippen LogP contribution in [0.15, 0.2) is 30.3 Å². The van der Waals surface area contributed by atoms with E-state index in [1.165, 1.54) is 0 Å². The minimum absolute atomic E-state index is 0.0290. The number of aliphatic carboxylic acids is 1. The summed E-state index contributed by atoms with van der Waals surface area (Å²) in [6, 6.07) is 7.31. The molecule has 2 N–H and O–H groups in total. The van der Waals surface area contributed by atoms with Gasteiger partial charge in [0.2, 0.25) is 5.91 Å². The summed E-state index contributed by atoms with van der Waals surface area (Å²) in [6.07, 6.45) is -4.50. The summed E-state index contributed by atoms with van der Waals surface area (Å²) in [7, 11) is 0. The normalized spacial score (nSPS) is 12.7. The molecular weight excluding hydrogens is 291 g/mol. The second-order valence-corrected chi connectivity index (χ2v) is 4.26. The monoisotopic (exact) mass is 305 g/mol. The van der Waals surface area contributed by atoms with E-state index in [4.69, 9.17) is 5.11 Å². The molecule has 0 heterocycles. The highest BCUT2D eigenvalue weighted by Crippen LogP contribution is 2.14. The zero-order chi connectivity index (χ0) is 15.9. The van der Waals surface area contributed by atoms with Gasteiger partial charge in [-0.05, 0) is 5.56 Å². The third-order valence-corrected chi connectivity index (χ3v) is 2.41. The van der Waals surface area contributed by atoms with Crippen molar-refractivity contribution in [1.82, 2.24) is 5.32 Å². The highest BCUT2D eigenvalue weighted by Gasteiger charge is 2.28. The van der Waals surface area contributed by atoms with Gasteiger partial charge < -0.3 is 15.2 Å². The summed E-state index contributed by atoms with van der Waals surface area (Å²) in [6.45, 7) is -2.41. The number of hydrogen-bond donors (Lipinski definition) is 2. The molecule has 21 heavy (non-hydrogen) atoms. The Morgan fingerprint density at radius 3 is 2.38 bits per heavy atom. The highest BCUT2D eigenvalue weighted by atomic mass is 19.4. The first-order chi connectivity index (χ1) is 9.78. The van der Waals surface area contributed by atoms with Gasteiger partial charge in [-0.15, -0.1) is 0 Å². The molecule has 1 amide bonds. The number of carbonyl (C=O) groups is 2. The quantitative estimate of drug-likeness (QED) is 0.798. The van der Waals surface area contributed by atoms with Gasteiger partial charge in [0.25, 0.3) is 0 Å². The van der Waals surface area contributed by atoms with Gasteiger partial charge in [-0.1, -0.05) is 30.3 Å². The van der Waals surface area contributed by atoms with Crippen molar-refractivity contribution in [2.45, 2.75) is 18.6 Å². The molecule has 0 aliphatic rings. The molecule has 5 nitrogen and oxygen atoms in total. The topological polar surface area (TPSA) is 75.6 Å². The SMILES string of the molecule is O=C(COCC(F)(F)F)NC(Cc1ccccc1)C(=O)O. The van der Waals surface area contributed by atoms with Gasteiger partial charge in [0.15, 0.2) is 0 Å². The summed E-state index contributed by atoms with van der Waals surface area (Å²) in [5.41, 5.74) is 0.682. The number of benzene rings is 1. The predicted octanol–water partition coefficient (Wildman–Crippen LogP) is 1.38. The van der Waals surface area contributed by atoms with Crippen molar-refractivity contribution in [1.29, 1.82) is 0 Å². The minimum atomic E-state index is -4.53. The number of ether oxygens (including phenoxy) is 1. The van der Waals surface area contributed by atoms with E-state index in [-0.39, 0.29) is 6.42 Å². The number of nitrogens with one attached hydrogen (secondary N) is 1. The Labute approximate surface area is 118 Å². The summed E-state index contributed by atoms with van der Waals surface area (Å²) < 4.78 is 39.7. The van der Waals surface area contributed by atoms with Crippen molar-refractivity contribution in [2.75, 3.05) is 13.2 Å². The van der Waals surface area contributed by atoms with Gasteiger partial charge in [0.1, 0.15) is 19.3 Å². The molecule has 1 aromatic rings. The maximum atomic E-state index is 11.8. The molecule has 0 aromatic heterocycles. The third-order valence-electron chi connectivity index (χ3n) is 2.41. The first-order valence-corrected chi connectivity index (χ1v) is 5.98. The molecule has 0 fully saturated rings. The first kappa shape index (κ1) is 17.0. The summed E-state index contributed by atoms with van der Waals surface area (Å²) >= 11 is 0. The van der Waals surface area contributed by atoms with Crippen molar-refractivity contribution in [3.8, 4) is 0 Å². The van der Waals surface area contributed by atoms with Crippen molar-refractivity contribution < 1.29 is 32.6 Å². The number of hydrogen-bond acceptors (Lipinski definition) is 3. The van der Waals surface area contributed by atoms with Crippen LogP contribution >= 0.6 is 0 Å². The molecule has 1 aromatic carbocycles. The van der Waals surface area contributed by atoms with Crippen molar-refractivity contribution in [3.05, 3.63) is 35.9 Å². The number of halogens is 3. The van der Waals surface area contributed by atoms with Crippen LogP contribution in [0.25, 0.3) is 0 Å². The standard InChI is InChI=1S/C13H14F3NO4/c14-13(15,16)8-21-7-11(18)17-10(12(19)20)6-9-4-2-1-3-5-9/h1-5,10H,6-8H2,(H,17,18)(H,19,20). The number of carboxylic acids is 1. The summed E-state index contributed by atoms with van der Waals surface area (Å²) in [4.78, 5) is 22.4. The van der Waals surface area contributed by atoms with E-state index in [0.29, 0.717) is 5.56 Å². The van der Waals surface area contributed by atoms with E-state index in [0.717, 1.165) is 0 Å². The number of carbonyl (C=O) groups excluding carboxylic acids is 1. The average molecular weight is 305 g/mol. The van der Waals surface area contributed by atoms with E-state index in [1.54, 1.807) is 30.3 Å². The van der Waals surface area contributed by atoms with E-state index in [9.17, 15) is 22.8 Å². The largest absolute Gasteiger partial charge is 0.480 e. The van der Waals surface area contributed by atoms with Crippen LogP contribution in [0.5, 0.6) is 0 Å². The Morgan fingerprint density at radius 1 is 1.24 bits per heavy atom. The fourth-order valence-electron chi connectivity index (χ4n) is 1.55. The number of rotatable bonds is 7. The van der Waals surface area contributed by atoms with E-state index in [1.807, 2.05) is 0 Å². The molecule has 0 aliphatic heterocycles. The molecule has 0 aliphatic carbocycles. The lowest BCUT2D eigenvalue weighted by molar-refractivity contribution is -0.176. The molecular formula is C13H14F3NO4. The number of carboxylic acid groups (broad SMARTS) is 1. The maximum Gasteiger partial charge on any atom is 0.411 e. The maximum absolute atomic E-state index is 11.8. The van der Waals surface area contributed by atoms with E-state index >= 15 is 0 Å². The number of amides is 1. The zero-order valence-corrected chi connectivity index (χ0v) is 10.9. The summed E-state index contributed by atoms with van der Waals surface area (Å²) in [5.74, 6) is -2.19. The molecule has 8 heteroatoms. The molecule has 1 unspecified atom stereocenters. The van der Waals surface area contributed by atoms with Gasteiger partial charge >= 0.3 is 12.1 Å². The Bertz CT molecular complexity index is 476. The van der Waals surface area contributed by atoms with Gasteiger partial charge in [0.05, 0.1) is 0 Å². The Morgan fingerprint density at radius 2 is 1.86 bits per heavy atom. The molecule has 0 saturated carbocycles. The lowest BCUT2D eigenvalue weighted by atomic mass is 10.1. The molecule has 1 rings (SSSR count). The molecule has 116 valence electrons. The first-order valence-electron chi connectivity index (χ1n) is 5.98. The van der Waals surface area contributed by atoms with Crippen molar-refractivity contribution >= 4 is 11.9 Å². The lowest BCUT2D eigenvalue weighted by Gasteiger charge is -2.15. The van der Waals surface area contributed by atoms with E-state index in [2.05, 4.69) is 10.1 Å². The lowest BCUT2D eigenvalue weighted by Crippen LogP contribution is -2.44. The van der Waals surface area contributed by atoms with Crippen LogP contribution in [0.3, 0.4) is 0 Å². The fraction of sp³-hybridized carbons (Fsp3) is 0.385. The average Bonchev–Trinajstić information content (AvgIpc) is 2.37. The Hall–Kier alpha value is -2.09. The highest BCUT2D eigenvalue weighted by molar-refractivity contribution is 5.84. The van der Waals surface area contributed by atoms with Gasteiger partial charge in [-0.2, -0.15) is 13.2 Å². The van der Waals surface area contributed by atoms with Crippen molar-refractivity contribution in [2.24, 2.45) is 0 Å². The van der Waals surface area contributed by atoms with Gasteiger partial charge in [0, 0.05) is 6.42 Å². The van der Waals surface area contributed by atoms with Crippen LogP contribution in [0.1, 0.15) is 5.56 Å². The third kappa shape index (κ3) is 7.31. The van der Waals surface area contributed by atoms with Crippen LogP contribution in [-0.2, 0) is 20.7 Å². The molecule has 0 radical (unpaired) electrons. The smallest absolute Gasteiger partial charge is 0.411 e. The van der Waals surface area contributed by atoms with E-state index < -0.39 is 37.3 Å². The summed E-state index contributed by atoms with van der Waals surface area (Å²) in [5, 5.41) is 11.1. The minimum Gasteiger partial charge on any atom is -0.480 e. The second-order valence-electron chi connectivity index (χ2n) is 4.26. The zero-order valence-electron chi connectivity index (χ0n) is 10.9. The van der Waals surface area contributed by atoms with Gasteiger partial charge in [-0.25, -0.2) is 4.79 Å². The van der Waals surface area contributed by atoms with Crippen LogP contribution in [0, 0.1) is 0 Å². The van der Waals surface area contributed by atoms with Crippen LogP contribution < -0.4 is 5.32 Å². The predicted molar refractivity (Wildman–Crippen MR) is 66.6 cm³/mol. The Balaban J connectivity index is 2.47. The number of alkyl halides is 3. The van der Waals surface area contributed by atoms with Gasteiger partial charge in [-0.3, -0.25) is 4.79 Å². The molecule has 0 spiro atoms. The van der Waals surface area contributed by atoms with Crippen LogP contribution in [0.4, 0.5) is 13.2 Å².